The van der Waals surface area contributed by atoms with Crippen LogP contribution in [0, 0.1) is 0 Å². The molecular formula is C38H44N6O6. The summed E-state index contributed by atoms with van der Waals surface area (Å²) < 4.78 is 13.2. The van der Waals surface area contributed by atoms with Crippen LogP contribution >= 0.6 is 0 Å². The van der Waals surface area contributed by atoms with Crippen molar-refractivity contribution in [2.24, 2.45) is 0 Å². The summed E-state index contributed by atoms with van der Waals surface area (Å²) in [7, 11) is 0. The predicted octanol–water partition coefficient (Wildman–Crippen LogP) is 4.30. The fourth-order valence-electron chi connectivity index (χ4n) is 6.43. The molecule has 0 radical (unpaired) electrons. The van der Waals surface area contributed by atoms with Crippen molar-refractivity contribution in [2.45, 2.75) is 57.3 Å². The molecule has 12 heteroatoms. The molecule has 262 valence electrons. The zero-order valence-electron chi connectivity index (χ0n) is 28.0. The van der Waals surface area contributed by atoms with E-state index in [2.05, 4.69) is 37.2 Å². The van der Waals surface area contributed by atoms with E-state index in [9.17, 15) is 14.7 Å². The van der Waals surface area contributed by atoms with E-state index in [4.69, 9.17) is 14.7 Å². The number of ether oxygens (including phenoxy) is 2. The maximum atomic E-state index is 12.4. The lowest BCUT2D eigenvalue weighted by atomic mass is 9.97. The number of nitrogens with one attached hydrogen (secondary N) is 2. The van der Waals surface area contributed by atoms with Crippen LogP contribution in [0.4, 0.5) is 5.95 Å². The van der Waals surface area contributed by atoms with E-state index in [-0.39, 0.29) is 37.6 Å². The first kappa shape index (κ1) is 35.1. The Labute approximate surface area is 292 Å². The molecule has 0 aliphatic carbocycles. The summed E-state index contributed by atoms with van der Waals surface area (Å²) in [5.41, 5.74) is 7.39. The van der Waals surface area contributed by atoms with Crippen LogP contribution < -0.4 is 15.7 Å². The highest BCUT2D eigenvalue weighted by Crippen LogP contribution is 2.39. The first-order valence-corrected chi connectivity index (χ1v) is 17.1. The molecule has 2 amide bonds. The highest BCUT2D eigenvalue weighted by Gasteiger charge is 2.34. The van der Waals surface area contributed by atoms with Crippen molar-refractivity contribution in [3.8, 4) is 11.1 Å². The average Bonchev–Trinajstić information content (AvgIpc) is 3.17. The van der Waals surface area contributed by atoms with E-state index in [1.165, 1.54) is 0 Å². The summed E-state index contributed by atoms with van der Waals surface area (Å²) in [5, 5.41) is 21.2. The molecule has 0 spiro atoms. The number of hydrogen-bond donors (Lipinski definition) is 4. The number of amides is 2. The number of piperazine rings is 1. The summed E-state index contributed by atoms with van der Waals surface area (Å²) in [6, 6.07) is 25.9. The van der Waals surface area contributed by atoms with Crippen LogP contribution in [0.2, 0.25) is 0 Å². The molecule has 2 aliphatic rings. The Kier molecular flexibility index (Phi) is 12.1. The normalized spacial score (nSPS) is 19.6. The van der Waals surface area contributed by atoms with Crippen LogP contribution in [-0.2, 0) is 32.2 Å². The van der Waals surface area contributed by atoms with Gasteiger partial charge in [0.25, 0.3) is 0 Å². The molecule has 3 heterocycles. The minimum absolute atomic E-state index is 0.00643. The molecule has 1 aromatic heterocycles. The van der Waals surface area contributed by atoms with Gasteiger partial charge in [-0.25, -0.2) is 15.4 Å². The minimum Gasteiger partial charge on any atom is -0.392 e. The summed E-state index contributed by atoms with van der Waals surface area (Å²) in [5.74, 6) is 0.0975. The van der Waals surface area contributed by atoms with Crippen LogP contribution in [0.3, 0.4) is 0 Å². The Balaban J connectivity index is 1.12. The molecule has 2 saturated heterocycles. The molecule has 6 rings (SSSR count). The van der Waals surface area contributed by atoms with Gasteiger partial charge < -0.3 is 24.8 Å². The maximum absolute atomic E-state index is 12.4. The Morgan fingerprint density at radius 2 is 1.52 bits per heavy atom. The molecule has 50 heavy (non-hydrogen) atoms. The summed E-state index contributed by atoms with van der Waals surface area (Å²) >= 11 is 0. The first-order chi connectivity index (χ1) is 24.5. The van der Waals surface area contributed by atoms with E-state index in [0.717, 1.165) is 72.1 Å². The number of aliphatic hydroxyl groups excluding tert-OH is 1. The number of carbonyl (C=O) groups is 2. The van der Waals surface area contributed by atoms with Gasteiger partial charge in [-0.3, -0.25) is 19.7 Å². The lowest BCUT2D eigenvalue weighted by Crippen LogP contribution is -2.50. The second kappa shape index (κ2) is 17.3. The number of anilines is 1. The van der Waals surface area contributed by atoms with Crippen molar-refractivity contribution in [3.63, 3.8) is 0 Å². The molecule has 0 bridgehead atoms. The van der Waals surface area contributed by atoms with Gasteiger partial charge in [-0.15, -0.1) is 0 Å². The number of carbonyl (C=O) groups excluding carboxylic acids is 2. The van der Waals surface area contributed by atoms with Gasteiger partial charge >= 0.3 is 0 Å². The summed E-state index contributed by atoms with van der Waals surface area (Å²) in [6.45, 7) is 4.58. The standard InChI is InChI=1S/C38H44N6O6/c45-26-27-9-11-29(12-10-27)34-23-32(25-43-19-21-44(22-20-43)38-39-17-4-18-40-38)49-37(50-34)30-15-13-28(14-16-30)33-6-2-1-5-31(33)24-41-35(46)7-3-8-36(47)42-48/h1-2,4-6,9-18,32,34,37,45,48H,3,7-8,19-26H2,(H,41,46)(H,42,47)/t32-,34+,37+/m1/s1. The second-order valence-corrected chi connectivity index (χ2v) is 12.6. The molecule has 4 N–H and O–H groups in total. The van der Waals surface area contributed by atoms with Crippen LogP contribution in [0.15, 0.2) is 91.3 Å². The van der Waals surface area contributed by atoms with Crippen molar-refractivity contribution in [1.82, 2.24) is 25.7 Å². The number of benzene rings is 3. The highest BCUT2D eigenvalue weighted by molar-refractivity contribution is 5.78. The lowest BCUT2D eigenvalue weighted by molar-refractivity contribution is -0.253. The lowest BCUT2D eigenvalue weighted by Gasteiger charge is -2.40. The quantitative estimate of drug-likeness (QED) is 0.119. The Morgan fingerprint density at radius 3 is 2.24 bits per heavy atom. The highest BCUT2D eigenvalue weighted by atomic mass is 16.7. The van der Waals surface area contributed by atoms with Crippen LogP contribution in [0.1, 0.15) is 60.3 Å². The SMILES string of the molecule is O=C(CCCC(=O)NCc1ccccc1-c1ccc([C@H]2O[C@@H](CN3CCN(c4ncccn4)CC3)C[C@@H](c3ccc(CO)cc3)O2)cc1)NO. The Morgan fingerprint density at radius 1 is 0.820 bits per heavy atom. The third-order valence-electron chi connectivity index (χ3n) is 9.20. The predicted molar refractivity (Wildman–Crippen MR) is 187 cm³/mol. The molecule has 3 aromatic carbocycles. The summed E-state index contributed by atoms with van der Waals surface area (Å²) in [4.78, 5) is 37.1. The second-order valence-electron chi connectivity index (χ2n) is 12.6. The van der Waals surface area contributed by atoms with Gasteiger partial charge in [-0.1, -0.05) is 72.8 Å². The van der Waals surface area contributed by atoms with Gasteiger partial charge in [0.15, 0.2) is 6.29 Å². The maximum Gasteiger partial charge on any atom is 0.243 e. The van der Waals surface area contributed by atoms with Crippen molar-refractivity contribution >= 4 is 17.8 Å². The van der Waals surface area contributed by atoms with E-state index in [0.29, 0.717) is 19.4 Å². The van der Waals surface area contributed by atoms with E-state index in [1.807, 2.05) is 66.7 Å². The number of aliphatic hydroxyl groups is 1. The van der Waals surface area contributed by atoms with Crippen LogP contribution in [-0.4, -0.2) is 75.8 Å². The number of hydrogen-bond acceptors (Lipinski definition) is 10. The summed E-state index contributed by atoms with van der Waals surface area (Å²) in [6.07, 6.45) is 4.09. The Bertz CT molecular complexity index is 1680. The molecule has 0 saturated carbocycles. The van der Waals surface area contributed by atoms with Gasteiger partial charge in [-0.2, -0.15) is 0 Å². The number of nitrogens with zero attached hydrogens (tertiary/aromatic N) is 4. The molecular weight excluding hydrogens is 636 g/mol. The topological polar surface area (TPSA) is 149 Å². The van der Waals surface area contributed by atoms with Gasteiger partial charge in [-0.05, 0) is 40.3 Å². The molecule has 3 atom stereocenters. The van der Waals surface area contributed by atoms with E-state index < -0.39 is 12.2 Å². The van der Waals surface area contributed by atoms with Crippen molar-refractivity contribution in [1.29, 1.82) is 0 Å². The zero-order valence-corrected chi connectivity index (χ0v) is 28.0. The van der Waals surface area contributed by atoms with Gasteiger partial charge in [0.1, 0.15) is 0 Å². The number of hydroxylamine groups is 1. The fraction of sp³-hybridized carbons (Fsp3) is 0.368. The van der Waals surface area contributed by atoms with Crippen LogP contribution in [0.5, 0.6) is 0 Å². The third-order valence-corrected chi connectivity index (χ3v) is 9.20. The van der Waals surface area contributed by atoms with Gasteiger partial charge in [0.05, 0.1) is 18.8 Å². The van der Waals surface area contributed by atoms with E-state index >= 15 is 0 Å². The molecule has 0 unspecified atom stereocenters. The molecule has 4 aromatic rings. The minimum atomic E-state index is -0.563. The van der Waals surface area contributed by atoms with Gasteiger partial charge in [0, 0.05) is 76.5 Å². The zero-order chi connectivity index (χ0) is 34.7. The molecule has 2 aliphatic heterocycles. The van der Waals surface area contributed by atoms with Gasteiger partial charge in [0.2, 0.25) is 17.8 Å². The fourth-order valence-corrected chi connectivity index (χ4v) is 6.43. The van der Waals surface area contributed by atoms with E-state index in [1.54, 1.807) is 17.9 Å². The largest absolute Gasteiger partial charge is 0.392 e. The average molecular weight is 681 g/mol. The first-order valence-electron chi connectivity index (χ1n) is 17.1. The third kappa shape index (κ3) is 9.29. The monoisotopic (exact) mass is 680 g/mol. The van der Waals surface area contributed by atoms with Crippen LogP contribution in [0.25, 0.3) is 11.1 Å². The van der Waals surface area contributed by atoms with Crippen molar-refractivity contribution in [3.05, 3.63) is 114 Å². The van der Waals surface area contributed by atoms with Crippen molar-refractivity contribution in [2.75, 3.05) is 37.6 Å². The van der Waals surface area contributed by atoms with Crippen molar-refractivity contribution < 1.29 is 29.4 Å². The molecule has 12 nitrogen and oxygen atoms in total. The number of aromatic nitrogens is 2. The number of rotatable bonds is 13. The Hall–Kier alpha value is -4.72. The molecule has 2 fully saturated rings. The smallest absolute Gasteiger partial charge is 0.243 e.